The molecule has 0 amide bonds. The van der Waals surface area contributed by atoms with Crippen molar-refractivity contribution in [3.05, 3.63) is 58.1 Å². The Bertz CT molecular complexity index is 1230. The minimum Gasteiger partial charge on any atom is 0 e. The minimum absolute atomic E-state index is 0. The molecule has 0 aliphatic heterocycles. The summed E-state index contributed by atoms with van der Waals surface area (Å²) >= 11 is -0.565. The maximum Gasteiger partial charge on any atom is 0 e. The molecule has 0 aliphatic carbocycles. The second kappa shape index (κ2) is 17.3. The predicted molar refractivity (Wildman–Crippen MR) is 246 cm³/mol. The van der Waals surface area contributed by atoms with Crippen molar-refractivity contribution >= 4 is 110 Å². The smallest absolute Gasteiger partial charge is 0 e. The number of hydrogen-bond donors (Lipinski definition) is 0. The standard InChI is InChI=1S/C39H76GeSi6.2Li/c1-28(2)31-24-23-25-32(29(3)4)35(31)40-36-33(38(43(11,12)13)44(14,15)16)26-30(37(41(5,6)7)42(8,9)10)27-34(36)39(45(17,18)19)46(20,21)22;;/h23-29,37-39H,1-22H3;;. The molecule has 0 fully saturated rings. The minimum atomic E-state index is -1.55. The van der Waals surface area contributed by atoms with Crippen molar-refractivity contribution < 1.29 is 0 Å². The zero-order valence-corrected chi connectivity index (χ0v) is 44.9. The van der Waals surface area contributed by atoms with Gasteiger partial charge in [-0.15, -0.1) is 0 Å². The molecule has 0 N–H and O–H groups in total. The molecule has 9 heteroatoms. The molecule has 0 aliphatic rings. The predicted octanol–water partition coefficient (Wildman–Crippen LogP) is 11.3. The zero-order chi connectivity index (χ0) is 36.2. The quantitative estimate of drug-likeness (QED) is 0.177. The van der Waals surface area contributed by atoms with Crippen LogP contribution in [0.5, 0.6) is 0 Å². The third-order valence-electron chi connectivity index (χ3n) is 10.00. The molecule has 0 saturated heterocycles. The van der Waals surface area contributed by atoms with Crippen molar-refractivity contribution in [2.24, 2.45) is 0 Å². The molecule has 0 bridgehead atoms. The molecule has 2 aromatic carbocycles. The molecular formula is C39H76GeLi2Si6. The van der Waals surface area contributed by atoms with Crippen molar-refractivity contribution in [3.8, 4) is 0 Å². The summed E-state index contributed by atoms with van der Waals surface area (Å²) in [6, 6.07) is 13.2. The van der Waals surface area contributed by atoms with Gasteiger partial charge in [-0.3, -0.25) is 0 Å². The van der Waals surface area contributed by atoms with Gasteiger partial charge in [0.1, 0.15) is 0 Å². The summed E-state index contributed by atoms with van der Waals surface area (Å²) in [5.74, 6) is 1.11. The van der Waals surface area contributed by atoms with E-state index in [1.165, 1.54) is 0 Å². The topological polar surface area (TPSA) is 0 Å². The summed E-state index contributed by atoms with van der Waals surface area (Å²) in [4.78, 5) is 0. The first kappa shape index (κ1) is 49.5. The van der Waals surface area contributed by atoms with Crippen LogP contribution >= 0.6 is 0 Å². The van der Waals surface area contributed by atoms with Crippen LogP contribution in [0.25, 0.3) is 0 Å². The van der Waals surface area contributed by atoms with Gasteiger partial charge in [-0.1, -0.05) is 0 Å². The van der Waals surface area contributed by atoms with Crippen molar-refractivity contribution in [3.63, 3.8) is 0 Å². The Hall–Kier alpha value is 1.48. The summed E-state index contributed by atoms with van der Waals surface area (Å²) in [5, 5.41) is 2.30. The third-order valence-corrected chi connectivity index (χ3v) is 41.4. The van der Waals surface area contributed by atoms with E-state index in [4.69, 9.17) is 0 Å². The molecule has 2 rings (SSSR count). The van der Waals surface area contributed by atoms with Crippen molar-refractivity contribution in [2.45, 2.75) is 173 Å². The first-order valence-electron chi connectivity index (χ1n) is 18.4. The van der Waals surface area contributed by atoms with Crippen LogP contribution in [0.3, 0.4) is 0 Å². The van der Waals surface area contributed by atoms with Crippen LogP contribution in [-0.4, -0.2) is 102 Å². The molecule has 0 nitrogen and oxygen atoms in total. The molecule has 4 radical (unpaired) electrons. The maximum atomic E-state index is 2.92. The van der Waals surface area contributed by atoms with Crippen molar-refractivity contribution in [2.75, 3.05) is 0 Å². The fourth-order valence-corrected chi connectivity index (χ4v) is 53.6. The molecule has 0 unspecified atom stereocenters. The van der Waals surface area contributed by atoms with Crippen LogP contribution in [0, 0.1) is 0 Å². The van der Waals surface area contributed by atoms with E-state index < -0.39 is 63.9 Å². The average Bonchev–Trinajstić information content (AvgIpc) is 2.75. The Morgan fingerprint density at radius 3 is 0.875 bits per heavy atom. The Morgan fingerprint density at radius 1 is 0.396 bits per heavy atom. The van der Waals surface area contributed by atoms with E-state index in [-0.39, 0.29) is 37.7 Å². The Kier molecular flexibility index (Phi) is 17.8. The van der Waals surface area contributed by atoms with Crippen LogP contribution in [0.1, 0.15) is 82.8 Å². The van der Waals surface area contributed by atoms with Crippen LogP contribution in [0.4, 0.5) is 0 Å². The second-order valence-corrected chi connectivity index (χ2v) is 58.0. The molecule has 2 aromatic rings. The van der Waals surface area contributed by atoms with E-state index >= 15 is 0 Å². The number of hydrogen-bond acceptors (Lipinski definition) is 0. The Labute approximate surface area is 338 Å². The van der Waals surface area contributed by atoms with Gasteiger partial charge in [0.2, 0.25) is 0 Å². The summed E-state index contributed by atoms with van der Waals surface area (Å²) in [7, 11) is -9.18. The van der Waals surface area contributed by atoms with Gasteiger partial charge in [0.15, 0.2) is 0 Å². The van der Waals surface area contributed by atoms with Crippen LogP contribution in [0.2, 0.25) is 118 Å². The molecule has 0 atom stereocenters. The average molecular weight is 800 g/mol. The van der Waals surface area contributed by atoms with Crippen LogP contribution in [0.15, 0.2) is 30.3 Å². The first-order valence-corrected chi connectivity index (χ1v) is 41.9. The third kappa shape index (κ3) is 12.3. The molecule has 0 heterocycles. The van der Waals surface area contributed by atoms with Crippen molar-refractivity contribution in [1.29, 1.82) is 0 Å². The van der Waals surface area contributed by atoms with Gasteiger partial charge in [-0.25, -0.2) is 0 Å². The molecule has 0 aromatic heterocycles. The number of rotatable bonds is 13. The monoisotopic (exact) mass is 800 g/mol. The van der Waals surface area contributed by atoms with E-state index in [2.05, 4.69) is 176 Å². The molecular weight excluding hydrogens is 723 g/mol. The zero-order valence-electron chi connectivity index (χ0n) is 36.8. The molecule has 0 spiro atoms. The van der Waals surface area contributed by atoms with E-state index in [9.17, 15) is 0 Å². The van der Waals surface area contributed by atoms with Gasteiger partial charge in [-0.2, -0.15) is 0 Å². The summed E-state index contributed by atoms with van der Waals surface area (Å²) in [5.41, 5.74) is 8.75. The summed E-state index contributed by atoms with van der Waals surface area (Å²) in [6.07, 6.45) is 0. The molecule has 48 heavy (non-hydrogen) atoms. The fraction of sp³-hybridized carbons (Fsp3) is 0.692. The van der Waals surface area contributed by atoms with Crippen LogP contribution in [-0.2, 0) is 0 Å². The van der Waals surface area contributed by atoms with Gasteiger partial charge in [0.25, 0.3) is 0 Å². The van der Waals surface area contributed by atoms with Crippen molar-refractivity contribution in [1.82, 2.24) is 0 Å². The van der Waals surface area contributed by atoms with Crippen LogP contribution < -0.4 is 8.79 Å². The first-order chi connectivity index (χ1) is 20.3. The van der Waals surface area contributed by atoms with Gasteiger partial charge in [-0.05, 0) is 0 Å². The van der Waals surface area contributed by atoms with E-state index in [1.807, 2.05) is 15.5 Å². The largest absolute Gasteiger partial charge is 0 e. The number of benzene rings is 2. The molecule has 0 saturated carbocycles. The maximum absolute atomic E-state index is 2.92. The van der Waals surface area contributed by atoms with E-state index in [0.717, 1.165) is 15.5 Å². The summed E-state index contributed by atoms with van der Waals surface area (Å²) < 4.78 is 3.66. The summed E-state index contributed by atoms with van der Waals surface area (Å²) in [6.45, 7) is 58.3. The van der Waals surface area contributed by atoms with E-state index in [1.54, 1.807) is 21.1 Å². The van der Waals surface area contributed by atoms with Gasteiger partial charge < -0.3 is 0 Å². The van der Waals surface area contributed by atoms with Gasteiger partial charge >= 0.3 is 304 Å². The Morgan fingerprint density at radius 2 is 0.646 bits per heavy atom. The second-order valence-electron chi connectivity index (χ2n) is 21.8. The van der Waals surface area contributed by atoms with Gasteiger partial charge in [0, 0.05) is 37.7 Å². The van der Waals surface area contributed by atoms with Gasteiger partial charge in [0.05, 0.1) is 0 Å². The normalized spacial score (nSPS) is 13.9. The molecule has 262 valence electrons. The SMILES string of the molecule is CC(C)c1cccc(C(C)C)[c]1[Ge][c]1c(C([Si](C)(C)C)[Si](C)(C)C)cc(C([Si](C)(C)C)[Si](C)(C)C)cc1C([Si](C)(C)C)[Si](C)(C)C.[Li].[Li]. The fourth-order valence-electron chi connectivity index (χ4n) is 10.1. The van der Waals surface area contributed by atoms with E-state index in [0.29, 0.717) is 11.8 Å². The Balaban J connectivity index is 0.0000110.